The molecule has 3 atom stereocenters. The van der Waals surface area contributed by atoms with Crippen molar-refractivity contribution in [2.75, 3.05) is 6.61 Å². The van der Waals surface area contributed by atoms with Crippen LogP contribution in [0, 0.1) is 36.0 Å². The van der Waals surface area contributed by atoms with E-state index in [1.54, 1.807) is 12.3 Å². The number of hydrogen-bond donors (Lipinski definition) is 0. The molecule has 2 aliphatic carbocycles. The summed E-state index contributed by atoms with van der Waals surface area (Å²) in [7, 11) is 0. The Kier molecular flexibility index (Phi) is 14.1. The Hall–Kier alpha value is -6.60. The number of nitrogens with zero attached hydrogens (tertiary/aromatic N) is 3. The first kappa shape index (κ1) is 41.6. The van der Waals surface area contributed by atoms with Gasteiger partial charge in [-0.2, -0.15) is 0 Å². The molecule has 0 radical (unpaired) electrons. The number of benzene rings is 5. The summed E-state index contributed by atoms with van der Waals surface area (Å²) in [5, 5.41) is 2.34. The van der Waals surface area contributed by atoms with Crippen LogP contribution in [0.25, 0.3) is 55.6 Å². The Morgan fingerprint density at radius 1 is 0.583 bits per heavy atom. The van der Waals surface area contributed by atoms with Crippen LogP contribution in [0.2, 0.25) is 0 Å². The van der Waals surface area contributed by atoms with Crippen LogP contribution < -0.4 is 0 Å². The fourth-order valence-electron chi connectivity index (χ4n) is 7.26. The number of hydrogen-bond acceptors (Lipinski definition) is 7. The summed E-state index contributed by atoms with van der Waals surface area (Å²) in [6.45, 7) is -0.224. The molecule has 3 aromatic heterocycles. The Bertz CT molecular complexity index is 2560. The SMILES string of the molecule is O=C(COC(=O)C1CC2C=CC1C2)OCc1c[c-]c(-c2ccccn2)cc1.[Ir+3].[c-]1ccccc1-c1ccc2ccccc2n1.[c-]1ccccc1-c1ccc2ccccc2n1. The van der Waals surface area contributed by atoms with Crippen LogP contribution in [0.3, 0.4) is 0 Å². The Balaban J connectivity index is 0.000000142. The molecule has 5 aromatic carbocycles. The summed E-state index contributed by atoms with van der Waals surface area (Å²) in [6, 6.07) is 61.0. The first-order valence-electron chi connectivity index (χ1n) is 19.6. The van der Waals surface area contributed by atoms with Gasteiger partial charge in [-0.15, -0.1) is 102 Å². The molecule has 0 spiro atoms. The summed E-state index contributed by atoms with van der Waals surface area (Å²) in [4.78, 5) is 37.5. The number of esters is 2. The largest absolute Gasteiger partial charge is 3.00 e. The molecule has 0 saturated heterocycles. The van der Waals surface area contributed by atoms with Crippen LogP contribution in [-0.2, 0) is 45.8 Å². The molecule has 2 bridgehead atoms. The quantitative estimate of drug-likeness (QED) is 0.0851. The first-order valence-corrected chi connectivity index (χ1v) is 19.6. The number of carbonyl (C=O) groups excluding carboxylic acids is 2. The summed E-state index contributed by atoms with van der Waals surface area (Å²) < 4.78 is 10.3. The van der Waals surface area contributed by atoms with Crippen molar-refractivity contribution in [1.82, 2.24) is 15.0 Å². The van der Waals surface area contributed by atoms with Crippen molar-refractivity contribution >= 4 is 33.7 Å². The van der Waals surface area contributed by atoms with E-state index >= 15 is 0 Å². The van der Waals surface area contributed by atoms with E-state index in [0.29, 0.717) is 5.92 Å². The Morgan fingerprint density at radius 3 is 1.73 bits per heavy atom. The molecule has 8 heteroatoms. The maximum atomic E-state index is 12.1. The topological polar surface area (TPSA) is 91.3 Å². The maximum absolute atomic E-state index is 12.1. The maximum Gasteiger partial charge on any atom is 3.00 e. The van der Waals surface area contributed by atoms with Gasteiger partial charge in [0.15, 0.2) is 6.61 Å². The molecule has 296 valence electrons. The van der Waals surface area contributed by atoms with Crippen LogP contribution in [-0.4, -0.2) is 33.5 Å². The van der Waals surface area contributed by atoms with E-state index in [1.165, 1.54) is 10.8 Å². The van der Waals surface area contributed by atoms with E-state index in [9.17, 15) is 9.59 Å². The van der Waals surface area contributed by atoms with Gasteiger partial charge in [-0.3, -0.25) is 14.8 Å². The van der Waals surface area contributed by atoms with Crippen LogP contribution >= 0.6 is 0 Å². The minimum absolute atomic E-state index is 0. The van der Waals surface area contributed by atoms with Crippen molar-refractivity contribution in [3.63, 3.8) is 0 Å². The van der Waals surface area contributed by atoms with Crippen molar-refractivity contribution in [1.29, 1.82) is 0 Å². The average Bonchev–Trinajstić information content (AvgIpc) is 3.96. The zero-order valence-electron chi connectivity index (χ0n) is 32.6. The van der Waals surface area contributed by atoms with Gasteiger partial charge in [0.05, 0.1) is 23.6 Å². The second-order valence-corrected chi connectivity index (χ2v) is 14.3. The van der Waals surface area contributed by atoms with E-state index < -0.39 is 5.97 Å². The number of aromatic nitrogens is 3. The van der Waals surface area contributed by atoms with Crippen LogP contribution in [0.4, 0.5) is 0 Å². The molecule has 3 unspecified atom stereocenters. The van der Waals surface area contributed by atoms with E-state index in [-0.39, 0.29) is 51.1 Å². The van der Waals surface area contributed by atoms with Crippen LogP contribution in [0.1, 0.15) is 18.4 Å². The van der Waals surface area contributed by atoms with Gasteiger partial charge in [0.25, 0.3) is 0 Å². The molecular formula is C52H40IrN3O4. The standard InChI is InChI=1S/C22H20NO4.2C15H10N.Ir/c24-21(14-27-22(25)19-12-16-6-9-18(19)11-16)26-13-15-4-7-17(8-5-15)20-3-1-2-10-23-20;2*1-2-6-12(7-3-1)15-11-10-13-8-4-5-9-14(13)16-15;/h1-7,9-10,16,18-19H,11-14H2;2*1-6,8-11H;/q3*-1;+3. The first-order chi connectivity index (χ1) is 29.1. The van der Waals surface area contributed by atoms with Gasteiger partial charge in [-0.1, -0.05) is 90.5 Å². The molecular weight excluding hydrogens is 923 g/mol. The fourth-order valence-corrected chi connectivity index (χ4v) is 7.26. The van der Waals surface area contributed by atoms with Crippen molar-refractivity contribution < 1.29 is 39.2 Å². The second kappa shape index (κ2) is 20.4. The zero-order chi connectivity index (χ0) is 40.2. The Morgan fingerprint density at radius 2 is 1.20 bits per heavy atom. The van der Waals surface area contributed by atoms with Crippen molar-refractivity contribution in [3.05, 3.63) is 200 Å². The summed E-state index contributed by atoms with van der Waals surface area (Å²) >= 11 is 0. The van der Waals surface area contributed by atoms with E-state index in [1.807, 2.05) is 127 Å². The monoisotopic (exact) mass is 963 g/mol. The smallest absolute Gasteiger partial charge is 0.468 e. The van der Waals surface area contributed by atoms with E-state index in [2.05, 4.69) is 69.6 Å². The molecule has 1 fully saturated rings. The van der Waals surface area contributed by atoms with Gasteiger partial charge in [-0.05, 0) is 70.7 Å². The summed E-state index contributed by atoms with van der Waals surface area (Å²) in [6.07, 6.45) is 7.83. The number of carbonyl (C=O) groups is 2. The molecule has 7 nitrogen and oxygen atoms in total. The van der Waals surface area contributed by atoms with Crippen molar-refractivity contribution in [3.8, 4) is 33.8 Å². The normalized spacial score (nSPS) is 15.8. The number of rotatable bonds is 8. The average molecular weight is 963 g/mol. The van der Waals surface area contributed by atoms with Gasteiger partial charge in [0.2, 0.25) is 0 Å². The predicted octanol–water partition coefficient (Wildman–Crippen LogP) is 10.7. The fraction of sp³-hybridized carbons (Fsp3) is 0.135. The summed E-state index contributed by atoms with van der Waals surface area (Å²) in [5.74, 6) is -0.189. The van der Waals surface area contributed by atoms with Gasteiger partial charge in [-0.25, -0.2) is 4.79 Å². The molecule has 0 N–H and O–H groups in total. The zero-order valence-corrected chi connectivity index (χ0v) is 35.0. The summed E-state index contributed by atoms with van der Waals surface area (Å²) in [5.41, 5.74) is 8.59. The van der Waals surface area contributed by atoms with Gasteiger partial charge in [0, 0.05) is 6.20 Å². The number of fused-ring (bicyclic) bond motifs is 4. The molecule has 0 aliphatic heterocycles. The van der Waals surface area contributed by atoms with Crippen LogP contribution in [0.15, 0.2) is 176 Å². The van der Waals surface area contributed by atoms with Gasteiger partial charge in [0.1, 0.15) is 0 Å². The predicted molar refractivity (Wildman–Crippen MR) is 230 cm³/mol. The number of allylic oxidation sites excluding steroid dienone is 2. The van der Waals surface area contributed by atoms with Crippen LogP contribution in [0.5, 0.6) is 0 Å². The molecule has 60 heavy (non-hydrogen) atoms. The molecule has 3 heterocycles. The van der Waals surface area contributed by atoms with Crippen molar-refractivity contribution in [2.45, 2.75) is 19.4 Å². The third-order valence-corrected chi connectivity index (χ3v) is 10.3. The Labute approximate surface area is 363 Å². The second-order valence-electron chi connectivity index (χ2n) is 14.3. The third-order valence-electron chi connectivity index (χ3n) is 10.3. The number of pyridine rings is 3. The molecule has 0 amide bonds. The number of ether oxygens (including phenoxy) is 2. The molecule has 8 aromatic rings. The minimum Gasteiger partial charge on any atom is -0.468 e. The molecule has 10 rings (SSSR count). The van der Waals surface area contributed by atoms with Gasteiger partial charge >= 0.3 is 32.0 Å². The van der Waals surface area contributed by atoms with Crippen molar-refractivity contribution in [2.24, 2.45) is 17.8 Å². The third kappa shape index (κ3) is 10.7. The molecule has 2 aliphatic rings. The van der Waals surface area contributed by atoms with E-state index in [0.717, 1.165) is 63.2 Å². The molecule has 1 saturated carbocycles. The van der Waals surface area contributed by atoms with Gasteiger partial charge < -0.3 is 14.5 Å². The van der Waals surface area contributed by atoms with E-state index in [4.69, 9.17) is 9.47 Å². The number of para-hydroxylation sites is 2. The minimum atomic E-state index is -0.546.